The number of amides is 2. The molecule has 1 unspecified atom stereocenters. The minimum atomic E-state index is -3.83. The number of para-hydroxylation sites is 1. The summed E-state index contributed by atoms with van der Waals surface area (Å²) in [7, 11) is -3.83. The highest BCUT2D eigenvalue weighted by Crippen LogP contribution is 2.49. The third kappa shape index (κ3) is 12.0. The number of nitrogens with one attached hydrogen (secondary N) is 5. The number of unbranched alkanes of at least 4 members (excludes halogenated alkanes) is 1. The number of nitrogens with zero attached hydrogens (tertiary/aromatic N) is 3. The summed E-state index contributed by atoms with van der Waals surface area (Å²) in [6, 6.07) is 11.7. The van der Waals surface area contributed by atoms with Crippen LogP contribution in [0.5, 0.6) is 0 Å². The van der Waals surface area contributed by atoms with Gasteiger partial charge in [0, 0.05) is 24.2 Å². The van der Waals surface area contributed by atoms with Gasteiger partial charge in [-0.05, 0) is 69.5 Å². The molecular formula is C35H39N8O10P. The first kappa shape index (κ1) is 40.6. The van der Waals surface area contributed by atoms with Crippen molar-refractivity contribution in [3.8, 4) is 12.5 Å². The van der Waals surface area contributed by atoms with E-state index in [4.69, 9.17) is 15.5 Å². The molecule has 0 aliphatic carbocycles. The van der Waals surface area contributed by atoms with Crippen molar-refractivity contribution in [2.24, 2.45) is 0 Å². The van der Waals surface area contributed by atoms with Crippen molar-refractivity contribution in [3.63, 3.8) is 0 Å². The number of carboxylic acid groups (broad SMARTS) is 1. The molecule has 0 saturated heterocycles. The fourth-order valence-corrected chi connectivity index (χ4v) is 5.79. The van der Waals surface area contributed by atoms with Crippen LogP contribution in [0, 0.1) is 12.5 Å². The van der Waals surface area contributed by atoms with Crippen LogP contribution in [-0.4, -0.2) is 74.4 Å². The number of phosphoric acid groups is 1. The number of aliphatic carboxylic acids is 1. The Labute approximate surface area is 309 Å². The lowest BCUT2D eigenvalue weighted by Gasteiger charge is -2.14. The second-order valence-corrected chi connectivity index (χ2v) is 13.1. The molecule has 2 aromatic heterocycles. The van der Waals surface area contributed by atoms with Crippen LogP contribution in [0.2, 0.25) is 0 Å². The fraction of sp³-hybridized carbons (Fsp3) is 0.314. The summed E-state index contributed by atoms with van der Waals surface area (Å²) in [5.41, 5.74) is 1.41. The Kier molecular flexibility index (Phi) is 14.8. The number of carbonyl (C=O) groups excluding carboxylic acids is 3. The highest BCUT2D eigenvalue weighted by Gasteiger charge is 2.26. The Morgan fingerprint density at radius 2 is 1.80 bits per heavy atom. The number of aromatic amines is 1. The molecule has 284 valence electrons. The van der Waals surface area contributed by atoms with E-state index < -0.39 is 31.3 Å². The number of anilines is 3. The Hall–Kier alpha value is -6.15. The Morgan fingerprint density at radius 1 is 1.04 bits per heavy atom. The van der Waals surface area contributed by atoms with E-state index >= 15 is 0 Å². The van der Waals surface area contributed by atoms with E-state index in [1.807, 2.05) is 0 Å². The Morgan fingerprint density at radius 3 is 2.50 bits per heavy atom. The van der Waals surface area contributed by atoms with E-state index in [1.165, 1.54) is 25.3 Å². The van der Waals surface area contributed by atoms with Gasteiger partial charge in [0.25, 0.3) is 17.4 Å². The summed E-state index contributed by atoms with van der Waals surface area (Å²) < 4.78 is 27.0. The summed E-state index contributed by atoms with van der Waals surface area (Å²) in [6.45, 7) is 3.55. The second-order valence-electron chi connectivity index (χ2n) is 11.5. The number of carboxylic acids is 1. The summed E-state index contributed by atoms with van der Waals surface area (Å²) >= 11 is 0. The SMILES string of the molecule is C#COP(=O)(OCC)OCCCCNC(=O)c1ccccc1Nc1nc2ncc(CNc3ccc(C(=O)N[C@@H](CCC(C)=O)C(=O)O)cc3)nc2c(=O)[nH]1. The van der Waals surface area contributed by atoms with Crippen molar-refractivity contribution in [2.75, 3.05) is 30.4 Å². The first-order chi connectivity index (χ1) is 25.9. The van der Waals surface area contributed by atoms with Gasteiger partial charge in [-0.1, -0.05) is 18.6 Å². The van der Waals surface area contributed by atoms with E-state index in [1.54, 1.807) is 49.4 Å². The number of hydrogen-bond acceptors (Lipinski definition) is 14. The van der Waals surface area contributed by atoms with Gasteiger partial charge in [-0.3, -0.25) is 28.4 Å². The van der Waals surface area contributed by atoms with E-state index in [0.717, 1.165) is 0 Å². The van der Waals surface area contributed by atoms with Crippen molar-refractivity contribution in [3.05, 3.63) is 81.9 Å². The number of terminal acetylenes is 1. The van der Waals surface area contributed by atoms with Crippen LogP contribution in [0.3, 0.4) is 0 Å². The van der Waals surface area contributed by atoms with Crippen molar-refractivity contribution in [2.45, 2.75) is 52.1 Å². The van der Waals surface area contributed by atoms with E-state index in [-0.39, 0.29) is 79.1 Å². The van der Waals surface area contributed by atoms with Crippen LogP contribution in [0.15, 0.2) is 59.5 Å². The van der Waals surface area contributed by atoms with Crippen LogP contribution < -0.4 is 26.8 Å². The van der Waals surface area contributed by atoms with Gasteiger partial charge in [0.1, 0.15) is 17.9 Å². The number of H-pyrrole nitrogens is 1. The molecule has 6 N–H and O–H groups in total. The van der Waals surface area contributed by atoms with Gasteiger partial charge >= 0.3 is 13.8 Å². The van der Waals surface area contributed by atoms with Crippen molar-refractivity contribution >= 4 is 59.9 Å². The maximum atomic E-state index is 13.0. The number of aromatic nitrogens is 4. The number of ketones is 1. The average Bonchev–Trinajstić information content (AvgIpc) is 3.14. The van der Waals surface area contributed by atoms with Gasteiger partial charge in [-0.2, -0.15) is 4.98 Å². The molecule has 2 amide bonds. The zero-order valence-electron chi connectivity index (χ0n) is 29.4. The van der Waals surface area contributed by atoms with E-state index in [0.29, 0.717) is 29.9 Å². The molecule has 2 atom stereocenters. The minimum Gasteiger partial charge on any atom is -0.480 e. The smallest absolute Gasteiger partial charge is 0.480 e. The molecule has 0 saturated carbocycles. The van der Waals surface area contributed by atoms with Gasteiger partial charge < -0.3 is 35.7 Å². The number of Topliss-reactive ketones (excluding diaryl/α,β-unsaturated/α-hetero) is 1. The number of phosphoric ester groups is 1. The molecule has 2 heterocycles. The molecule has 0 radical (unpaired) electrons. The third-order valence-corrected chi connectivity index (χ3v) is 8.86. The van der Waals surface area contributed by atoms with Gasteiger partial charge in [-0.25, -0.2) is 19.3 Å². The highest BCUT2D eigenvalue weighted by atomic mass is 31.2. The summed E-state index contributed by atoms with van der Waals surface area (Å²) in [5, 5.41) is 20.7. The lowest BCUT2D eigenvalue weighted by Crippen LogP contribution is -2.41. The fourth-order valence-electron chi connectivity index (χ4n) is 4.81. The second kappa shape index (κ2) is 19.6. The van der Waals surface area contributed by atoms with Crippen LogP contribution in [0.4, 0.5) is 17.3 Å². The summed E-state index contributed by atoms with van der Waals surface area (Å²) in [6.07, 6.45) is 9.23. The topological polar surface area (TPSA) is 253 Å². The van der Waals surface area contributed by atoms with Crippen molar-refractivity contribution in [1.82, 2.24) is 30.6 Å². The molecule has 4 aromatic rings. The zero-order chi connectivity index (χ0) is 39.1. The van der Waals surface area contributed by atoms with Crippen molar-refractivity contribution < 1.29 is 42.4 Å². The number of carbonyl (C=O) groups is 4. The molecule has 2 aromatic carbocycles. The summed E-state index contributed by atoms with van der Waals surface area (Å²) in [4.78, 5) is 76.9. The molecule has 18 nitrogen and oxygen atoms in total. The number of rotatable bonds is 21. The first-order valence-electron chi connectivity index (χ1n) is 16.7. The van der Waals surface area contributed by atoms with Gasteiger partial charge in [0.05, 0.1) is 42.9 Å². The molecular weight excluding hydrogens is 723 g/mol. The lowest BCUT2D eigenvalue weighted by atomic mass is 10.1. The molecule has 0 aliphatic rings. The predicted molar refractivity (Wildman–Crippen MR) is 197 cm³/mol. The van der Waals surface area contributed by atoms with Crippen LogP contribution in [-0.2, 0) is 34.3 Å². The normalized spacial score (nSPS) is 12.5. The van der Waals surface area contributed by atoms with E-state index in [2.05, 4.69) is 45.7 Å². The average molecular weight is 763 g/mol. The summed E-state index contributed by atoms with van der Waals surface area (Å²) in [5.74, 6) is -2.35. The van der Waals surface area contributed by atoms with Crippen molar-refractivity contribution in [1.29, 1.82) is 0 Å². The minimum absolute atomic E-state index is 0.0110. The van der Waals surface area contributed by atoms with Crippen LogP contribution in [0.1, 0.15) is 65.9 Å². The predicted octanol–water partition coefficient (Wildman–Crippen LogP) is 3.90. The molecule has 0 aliphatic heterocycles. The molecule has 54 heavy (non-hydrogen) atoms. The maximum absolute atomic E-state index is 13.0. The van der Waals surface area contributed by atoms with Gasteiger partial charge in [0.2, 0.25) is 5.95 Å². The number of benzene rings is 2. The van der Waals surface area contributed by atoms with Gasteiger partial charge in [-0.15, -0.1) is 0 Å². The Bertz CT molecular complexity index is 2120. The van der Waals surface area contributed by atoms with Crippen LogP contribution >= 0.6 is 7.82 Å². The molecule has 4 rings (SSSR count). The molecule has 0 bridgehead atoms. The lowest BCUT2D eigenvalue weighted by molar-refractivity contribution is -0.139. The maximum Gasteiger partial charge on any atom is 0.538 e. The van der Waals surface area contributed by atoms with Gasteiger partial charge in [0.15, 0.2) is 11.2 Å². The molecule has 0 fully saturated rings. The third-order valence-electron chi connectivity index (χ3n) is 7.46. The monoisotopic (exact) mass is 762 g/mol. The largest absolute Gasteiger partial charge is 0.538 e. The van der Waals surface area contributed by atoms with Crippen LogP contribution in [0.25, 0.3) is 11.2 Å². The highest BCUT2D eigenvalue weighted by molar-refractivity contribution is 7.48. The van der Waals surface area contributed by atoms with E-state index in [9.17, 15) is 33.6 Å². The number of fused-ring (bicyclic) bond motifs is 1. The molecule has 19 heteroatoms. The zero-order valence-corrected chi connectivity index (χ0v) is 30.3. The molecule has 0 spiro atoms. The number of hydrogen-bond donors (Lipinski definition) is 6. The quantitative estimate of drug-likeness (QED) is 0.0400. The first-order valence-corrected chi connectivity index (χ1v) is 18.2. The Balaban J connectivity index is 1.32. The standard InChI is InChI=1S/C35H39N8O10P/c1-4-51-54(50,52-5-2)53-19-9-8-18-36-32(46)26-10-6-7-11-27(26)41-35-42-30-29(33(47)43-35)39-25(21-38-30)20-37-24-15-13-23(14-16-24)31(45)40-28(34(48)49)17-12-22(3)44/h1,6-7,10-11,13-16,21,28,37H,5,8-9,12,17-20H2,2-3H3,(H,36,46)(H,40,45)(H,48,49)(H2,38,41,42,43,47)/t28-,54?/m0/s1.